The highest BCUT2D eigenvalue weighted by atomic mass is 16.5. The third-order valence-corrected chi connectivity index (χ3v) is 2.08. The van der Waals surface area contributed by atoms with Crippen LogP contribution in [-0.4, -0.2) is 23.1 Å². The molecular weight excluding hydrogens is 222 g/mol. The van der Waals surface area contributed by atoms with Gasteiger partial charge in [0.25, 0.3) is 0 Å². The van der Waals surface area contributed by atoms with Crippen LogP contribution >= 0.6 is 0 Å². The second kappa shape index (κ2) is 6.65. The standard InChI is InChI=1S/C12H15NO4/c13-11(15)6-10(14)7-12(16)17-8-9-4-2-1-3-5-9/h1-5,10,14H,6-8H2,(H2,13,15)/t10-/m0/s1. The summed E-state index contributed by atoms with van der Waals surface area (Å²) in [5.41, 5.74) is 5.75. The number of hydrogen-bond donors (Lipinski definition) is 2. The van der Waals surface area contributed by atoms with E-state index in [1.807, 2.05) is 30.3 Å². The second-order valence-corrected chi connectivity index (χ2v) is 3.67. The van der Waals surface area contributed by atoms with Crippen molar-refractivity contribution in [2.75, 3.05) is 0 Å². The van der Waals surface area contributed by atoms with E-state index in [2.05, 4.69) is 0 Å². The molecule has 5 nitrogen and oxygen atoms in total. The van der Waals surface area contributed by atoms with Gasteiger partial charge in [-0.2, -0.15) is 0 Å². The lowest BCUT2D eigenvalue weighted by Gasteiger charge is -2.08. The number of ether oxygens (including phenoxy) is 1. The Morgan fingerprint density at radius 3 is 2.47 bits per heavy atom. The normalized spacial score (nSPS) is 11.8. The molecule has 0 fully saturated rings. The summed E-state index contributed by atoms with van der Waals surface area (Å²) < 4.78 is 4.93. The molecule has 0 saturated heterocycles. The summed E-state index contributed by atoms with van der Waals surface area (Å²) in [6, 6.07) is 9.19. The van der Waals surface area contributed by atoms with Gasteiger partial charge >= 0.3 is 5.97 Å². The predicted molar refractivity (Wildman–Crippen MR) is 60.7 cm³/mol. The van der Waals surface area contributed by atoms with Crippen molar-refractivity contribution >= 4 is 11.9 Å². The van der Waals surface area contributed by atoms with Gasteiger partial charge in [-0.3, -0.25) is 9.59 Å². The van der Waals surface area contributed by atoms with Crippen molar-refractivity contribution in [2.24, 2.45) is 5.73 Å². The summed E-state index contributed by atoms with van der Waals surface area (Å²) in [4.78, 5) is 21.8. The average Bonchev–Trinajstić information content (AvgIpc) is 2.26. The number of aliphatic hydroxyl groups is 1. The minimum absolute atomic E-state index is 0.156. The Bertz CT molecular complexity index is 377. The Kier molecular flexibility index (Phi) is 5.16. The van der Waals surface area contributed by atoms with Gasteiger partial charge in [-0.1, -0.05) is 30.3 Å². The van der Waals surface area contributed by atoms with Crippen LogP contribution in [0.4, 0.5) is 0 Å². The summed E-state index contributed by atoms with van der Waals surface area (Å²) in [6.07, 6.45) is -1.54. The number of rotatable bonds is 6. The van der Waals surface area contributed by atoms with E-state index < -0.39 is 18.0 Å². The predicted octanol–water partition coefficient (Wildman–Crippen LogP) is 0.356. The number of esters is 1. The highest BCUT2D eigenvalue weighted by molar-refractivity contribution is 5.76. The lowest BCUT2D eigenvalue weighted by molar-refractivity contribution is -0.147. The zero-order chi connectivity index (χ0) is 12.7. The van der Waals surface area contributed by atoms with Gasteiger partial charge in [0, 0.05) is 0 Å². The zero-order valence-electron chi connectivity index (χ0n) is 9.33. The summed E-state index contributed by atoms with van der Waals surface area (Å²) in [5.74, 6) is -1.20. The molecule has 0 aliphatic carbocycles. The van der Waals surface area contributed by atoms with E-state index in [-0.39, 0.29) is 19.4 Å². The van der Waals surface area contributed by atoms with Crippen LogP contribution in [0.5, 0.6) is 0 Å². The first kappa shape index (κ1) is 13.2. The van der Waals surface area contributed by atoms with E-state index in [0.717, 1.165) is 5.56 Å². The topological polar surface area (TPSA) is 89.6 Å². The van der Waals surface area contributed by atoms with Crippen molar-refractivity contribution in [3.05, 3.63) is 35.9 Å². The fraction of sp³-hybridized carbons (Fsp3) is 0.333. The number of carbonyl (C=O) groups excluding carboxylic acids is 2. The van der Waals surface area contributed by atoms with Crippen molar-refractivity contribution in [3.8, 4) is 0 Å². The van der Waals surface area contributed by atoms with E-state index in [9.17, 15) is 14.7 Å². The number of amides is 1. The van der Waals surface area contributed by atoms with Crippen LogP contribution in [0.15, 0.2) is 30.3 Å². The SMILES string of the molecule is NC(=O)C[C@H](O)CC(=O)OCc1ccccc1. The van der Waals surface area contributed by atoms with Gasteiger partial charge in [0.2, 0.25) is 5.91 Å². The number of benzene rings is 1. The van der Waals surface area contributed by atoms with E-state index in [1.165, 1.54) is 0 Å². The smallest absolute Gasteiger partial charge is 0.308 e. The van der Waals surface area contributed by atoms with Gasteiger partial charge in [0.15, 0.2) is 0 Å². The lowest BCUT2D eigenvalue weighted by Crippen LogP contribution is -2.23. The molecule has 0 aliphatic rings. The molecular formula is C12H15NO4. The van der Waals surface area contributed by atoms with Crippen LogP contribution in [0, 0.1) is 0 Å². The molecule has 5 heteroatoms. The molecule has 1 aromatic carbocycles. The molecule has 0 saturated carbocycles. The fourth-order valence-corrected chi connectivity index (χ4v) is 1.29. The van der Waals surface area contributed by atoms with Crippen LogP contribution in [0.2, 0.25) is 0 Å². The average molecular weight is 237 g/mol. The van der Waals surface area contributed by atoms with Crippen molar-refractivity contribution in [2.45, 2.75) is 25.6 Å². The zero-order valence-corrected chi connectivity index (χ0v) is 9.33. The third kappa shape index (κ3) is 5.67. The molecule has 17 heavy (non-hydrogen) atoms. The monoisotopic (exact) mass is 237 g/mol. The summed E-state index contributed by atoms with van der Waals surface area (Å²) in [7, 11) is 0. The van der Waals surface area contributed by atoms with E-state index >= 15 is 0 Å². The van der Waals surface area contributed by atoms with E-state index in [4.69, 9.17) is 10.5 Å². The summed E-state index contributed by atoms with van der Waals surface area (Å²) in [6.45, 7) is 0.156. The van der Waals surface area contributed by atoms with Crippen LogP contribution in [0.25, 0.3) is 0 Å². The molecule has 0 spiro atoms. The largest absolute Gasteiger partial charge is 0.461 e. The van der Waals surface area contributed by atoms with Crippen molar-refractivity contribution in [1.82, 2.24) is 0 Å². The highest BCUT2D eigenvalue weighted by Gasteiger charge is 2.14. The summed E-state index contributed by atoms with van der Waals surface area (Å²) >= 11 is 0. The first-order valence-corrected chi connectivity index (χ1v) is 5.24. The number of hydrogen-bond acceptors (Lipinski definition) is 4. The molecule has 1 amide bonds. The van der Waals surface area contributed by atoms with Crippen LogP contribution in [0.1, 0.15) is 18.4 Å². The molecule has 92 valence electrons. The Balaban J connectivity index is 2.28. The number of nitrogens with two attached hydrogens (primary N) is 1. The summed E-state index contributed by atoms with van der Waals surface area (Å²) in [5, 5.41) is 9.29. The molecule has 0 aromatic heterocycles. The number of primary amides is 1. The maximum absolute atomic E-state index is 11.3. The Labute approximate surface area is 99.2 Å². The number of carbonyl (C=O) groups is 2. The van der Waals surface area contributed by atoms with Crippen LogP contribution in [-0.2, 0) is 20.9 Å². The van der Waals surface area contributed by atoms with Crippen molar-refractivity contribution in [3.63, 3.8) is 0 Å². The van der Waals surface area contributed by atoms with Gasteiger partial charge in [-0.15, -0.1) is 0 Å². The Morgan fingerprint density at radius 2 is 1.88 bits per heavy atom. The molecule has 0 heterocycles. The van der Waals surface area contributed by atoms with Gasteiger partial charge in [-0.25, -0.2) is 0 Å². The van der Waals surface area contributed by atoms with Gasteiger partial charge in [-0.05, 0) is 5.56 Å². The minimum Gasteiger partial charge on any atom is -0.461 e. The van der Waals surface area contributed by atoms with Gasteiger partial charge in [0.05, 0.1) is 18.9 Å². The van der Waals surface area contributed by atoms with Crippen molar-refractivity contribution < 1.29 is 19.4 Å². The van der Waals surface area contributed by atoms with Crippen molar-refractivity contribution in [1.29, 1.82) is 0 Å². The Morgan fingerprint density at radius 1 is 1.24 bits per heavy atom. The van der Waals surface area contributed by atoms with Crippen LogP contribution in [0.3, 0.4) is 0 Å². The third-order valence-electron chi connectivity index (χ3n) is 2.08. The fourth-order valence-electron chi connectivity index (χ4n) is 1.29. The quantitative estimate of drug-likeness (QED) is 0.699. The maximum atomic E-state index is 11.3. The Hall–Kier alpha value is -1.88. The molecule has 3 N–H and O–H groups in total. The number of aliphatic hydroxyl groups excluding tert-OH is 1. The molecule has 0 aliphatic heterocycles. The van der Waals surface area contributed by atoms with Gasteiger partial charge < -0.3 is 15.6 Å². The minimum atomic E-state index is -1.07. The molecule has 1 rings (SSSR count). The van der Waals surface area contributed by atoms with Gasteiger partial charge in [0.1, 0.15) is 6.61 Å². The molecule has 0 unspecified atom stereocenters. The molecule has 1 atom stereocenters. The molecule has 1 aromatic rings. The van der Waals surface area contributed by atoms with Crippen LogP contribution < -0.4 is 5.73 Å². The van der Waals surface area contributed by atoms with E-state index in [1.54, 1.807) is 0 Å². The first-order chi connectivity index (χ1) is 8.08. The highest BCUT2D eigenvalue weighted by Crippen LogP contribution is 2.04. The first-order valence-electron chi connectivity index (χ1n) is 5.24. The lowest BCUT2D eigenvalue weighted by atomic mass is 10.2. The maximum Gasteiger partial charge on any atom is 0.308 e. The van der Waals surface area contributed by atoms with E-state index in [0.29, 0.717) is 0 Å². The second-order valence-electron chi connectivity index (χ2n) is 3.67. The molecule has 0 bridgehead atoms. The molecule has 0 radical (unpaired) electrons.